The van der Waals surface area contributed by atoms with Crippen molar-refractivity contribution in [1.82, 2.24) is 0 Å². The van der Waals surface area contributed by atoms with Gasteiger partial charge in [0.05, 0.1) is 0 Å². The fraction of sp³-hybridized carbons (Fsp3) is 0.778. The van der Waals surface area contributed by atoms with Crippen LogP contribution in [0.25, 0.3) is 0 Å². The van der Waals surface area contributed by atoms with Crippen LogP contribution in [0.1, 0.15) is 34.1 Å². The molecule has 0 aliphatic heterocycles. The van der Waals surface area contributed by atoms with Crippen LogP contribution in [0.5, 0.6) is 0 Å². The van der Waals surface area contributed by atoms with E-state index in [1.807, 2.05) is 0 Å². The molecule has 1 heteroatoms. The van der Waals surface area contributed by atoms with E-state index in [1.165, 1.54) is 6.42 Å². The van der Waals surface area contributed by atoms with Gasteiger partial charge in [-0.25, -0.2) is 0 Å². The number of hydrogen-bond acceptors (Lipinski definition) is 0. The van der Waals surface area contributed by atoms with Crippen LogP contribution in [0.4, 0.5) is 0 Å². The van der Waals surface area contributed by atoms with Gasteiger partial charge in [-0.15, -0.1) is 24.0 Å². The van der Waals surface area contributed by atoms with Crippen LogP contribution >= 0.6 is 24.0 Å². The summed E-state index contributed by atoms with van der Waals surface area (Å²) in [6, 6.07) is 0. The van der Waals surface area contributed by atoms with Crippen LogP contribution in [0.2, 0.25) is 0 Å². The molecule has 0 atom stereocenters. The van der Waals surface area contributed by atoms with E-state index in [0.717, 1.165) is 0 Å². The Balaban J connectivity index is 0.000000810. The van der Waals surface area contributed by atoms with E-state index in [9.17, 15) is 0 Å². The van der Waals surface area contributed by atoms with E-state index in [0.29, 0.717) is 10.8 Å². The molecule has 0 aromatic heterocycles. The standard InChI is InChI=1S/C9H16.HI/c1-8(2)5-6-9(3,4)7-8;/h5-6H,7H2,1-4H3;1H. The van der Waals surface area contributed by atoms with Crippen molar-refractivity contribution in [2.75, 3.05) is 0 Å². The van der Waals surface area contributed by atoms with Crippen LogP contribution in [-0.2, 0) is 0 Å². The number of hydrogen-bond donors (Lipinski definition) is 0. The summed E-state index contributed by atoms with van der Waals surface area (Å²) >= 11 is 0. The Morgan fingerprint density at radius 3 is 1.30 bits per heavy atom. The molecule has 10 heavy (non-hydrogen) atoms. The molecule has 0 amide bonds. The first-order valence-electron chi connectivity index (χ1n) is 3.62. The van der Waals surface area contributed by atoms with Gasteiger partial charge in [-0.1, -0.05) is 39.8 Å². The first kappa shape index (κ1) is 10.5. The Bertz CT molecular complexity index is 127. The lowest BCUT2D eigenvalue weighted by Gasteiger charge is -2.21. The number of rotatable bonds is 0. The Morgan fingerprint density at radius 1 is 0.900 bits per heavy atom. The van der Waals surface area contributed by atoms with Gasteiger partial charge in [-0.2, -0.15) is 0 Å². The molecule has 0 saturated heterocycles. The molecule has 0 radical (unpaired) electrons. The molecule has 0 aromatic rings. The zero-order valence-corrected chi connectivity index (χ0v) is 9.60. The second kappa shape index (κ2) is 2.84. The molecule has 0 spiro atoms. The van der Waals surface area contributed by atoms with Gasteiger partial charge in [0.25, 0.3) is 0 Å². The Morgan fingerprint density at radius 2 is 1.20 bits per heavy atom. The average molecular weight is 252 g/mol. The van der Waals surface area contributed by atoms with Gasteiger partial charge in [0.15, 0.2) is 0 Å². The summed E-state index contributed by atoms with van der Waals surface area (Å²) in [5.74, 6) is 0. The van der Waals surface area contributed by atoms with Gasteiger partial charge < -0.3 is 0 Å². The largest absolute Gasteiger partial charge is 0.107 e. The van der Waals surface area contributed by atoms with Crippen molar-refractivity contribution in [3.8, 4) is 0 Å². The zero-order chi connectivity index (χ0) is 7.12. The fourth-order valence-electron chi connectivity index (χ4n) is 1.74. The maximum atomic E-state index is 2.33. The minimum Gasteiger partial charge on any atom is -0.107 e. The lowest BCUT2D eigenvalue weighted by molar-refractivity contribution is 0.334. The lowest BCUT2D eigenvalue weighted by Crippen LogP contribution is -2.11. The molecular formula is C9H17I. The van der Waals surface area contributed by atoms with Gasteiger partial charge >= 0.3 is 0 Å². The maximum absolute atomic E-state index is 2.33. The van der Waals surface area contributed by atoms with E-state index in [4.69, 9.17) is 0 Å². The second-order valence-electron chi connectivity index (χ2n) is 4.49. The lowest BCUT2D eigenvalue weighted by atomic mass is 9.83. The molecule has 1 aliphatic rings. The highest BCUT2D eigenvalue weighted by molar-refractivity contribution is 14.0. The van der Waals surface area contributed by atoms with E-state index in [2.05, 4.69) is 39.8 Å². The van der Waals surface area contributed by atoms with E-state index >= 15 is 0 Å². The smallest absolute Gasteiger partial charge is 0.0167 e. The van der Waals surface area contributed by atoms with Gasteiger partial charge in [-0.3, -0.25) is 0 Å². The van der Waals surface area contributed by atoms with E-state index in [-0.39, 0.29) is 24.0 Å². The Hall–Kier alpha value is 0.470. The average Bonchev–Trinajstić information content (AvgIpc) is 1.78. The van der Waals surface area contributed by atoms with Crippen molar-refractivity contribution in [3.05, 3.63) is 12.2 Å². The molecule has 0 unspecified atom stereocenters. The summed E-state index contributed by atoms with van der Waals surface area (Å²) in [6.45, 7) is 9.16. The second-order valence-corrected chi connectivity index (χ2v) is 4.49. The van der Waals surface area contributed by atoms with Crippen molar-refractivity contribution in [3.63, 3.8) is 0 Å². The molecule has 1 rings (SSSR count). The van der Waals surface area contributed by atoms with Crippen molar-refractivity contribution < 1.29 is 0 Å². The summed E-state index contributed by atoms with van der Waals surface area (Å²) < 4.78 is 0. The molecule has 0 saturated carbocycles. The molecule has 0 bridgehead atoms. The van der Waals surface area contributed by atoms with Crippen LogP contribution in [-0.4, -0.2) is 0 Å². The highest BCUT2D eigenvalue weighted by Crippen LogP contribution is 2.42. The number of halogens is 1. The molecule has 0 N–H and O–H groups in total. The Kier molecular flexibility index (Phi) is 2.97. The van der Waals surface area contributed by atoms with Crippen molar-refractivity contribution in [1.29, 1.82) is 0 Å². The minimum atomic E-state index is 0. The summed E-state index contributed by atoms with van der Waals surface area (Å²) in [5.41, 5.74) is 0.896. The van der Waals surface area contributed by atoms with Crippen molar-refractivity contribution in [2.24, 2.45) is 10.8 Å². The van der Waals surface area contributed by atoms with Crippen LogP contribution in [0.15, 0.2) is 12.2 Å². The molecule has 0 aromatic carbocycles. The first-order valence-corrected chi connectivity index (χ1v) is 3.62. The predicted molar refractivity (Wildman–Crippen MR) is 56.7 cm³/mol. The highest BCUT2D eigenvalue weighted by Gasteiger charge is 2.30. The van der Waals surface area contributed by atoms with Gasteiger partial charge in [-0.05, 0) is 17.3 Å². The third-order valence-corrected chi connectivity index (χ3v) is 1.90. The monoisotopic (exact) mass is 252 g/mol. The van der Waals surface area contributed by atoms with Gasteiger partial charge in [0.2, 0.25) is 0 Å². The SMILES string of the molecule is CC1(C)C=CC(C)(C)C1.I. The molecular weight excluding hydrogens is 235 g/mol. The molecule has 0 nitrogen and oxygen atoms in total. The summed E-state index contributed by atoms with van der Waals surface area (Å²) in [6.07, 6.45) is 5.94. The number of allylic oxidation sites excluding steroid dienone is 2. The van der Waals surface area contributed by atoms with E-state index in [1.54, 1.807) is 0 Å². The molecule has 60 valence electrons. The zero-order valence-electron chi connectivity index (χ0n) is 7.27. The summed E-state index contributed by atoms with van der Waals surface area (Å²) in [4.78, 5) is 0. The fourth-order valence-corrected chi connectivity index (χ4v) is 1.74. The minimum absolute atomic E-state index is 0. The van der Waals surface area contributed by atoms with Gasteiger partial charge in [0.1, 0.15) is 0 Å². The first-order chi connectivity index (χ1) is 3.91. The molecule has 1 aliphatic carbocycles. The topological polar surface area (TPSA) is 0 Å². The maximum Gasteiger partial charge on any atom is -0.0167 e. The summed E-state index contributed by atoms with van der Waals surface area (Å²) in [5, 5.41) is 0. The van der Waals surface area contributed by atoms with Crippen LogP contribution < -0.4 is 0 Å². The summed E-state index contributed by atoms with van der Waals surface area (Å²) in [7, 11) is 0. The molecule has 0 heterocycles. The quantitative estimate of drug-likeness (QED) is 0.456. The Labute approximate surface area is 81.1 Å². The normalized spacial score (nSPS) is 26.0. The third-order valence-electron chi connectivity index (χ3n) is 1.90. The highest BCUT2D eigenvalue weighted by atomic mass is 127. The third kappa shape index (κ3) is 2.60. The predicted octanol–water partition coefficient (Wildman–Crippen LogP) is 3.62. The van der Waals surface area contributed by atoms with Crippen molar-refractivity contribution >= 4 is 24.0 Å². The van der Waals surface area contributed by atoms with Crippen LogP contribution in [0.3, 0.4) is 0 Å². The van der Waals surface area contributed by atoms with Crippen LogP contribution in [0, 0.1) is 10.8 Å². The van der Waals surface area contributed by atoms with E-state index < -0.39 is 0 Å². The van der Waals surface area contributed by atoms with Gasteiger partial charge in [0, 0.05) is 0 Å². The van der Waals surface area contributed by atoms with Crippen molar-refractivity contribution in [2.45, 2.75) is 34.1 Å². The molecule has 0 fully saturated rings.